The Bertz CT molecular complexity index is 1480. The van der Waals surface area contributed by atoms with Gasteiger partial charge in [0.15, 0.2) is 17.5 Å². The van der Waals surface area contributed by atoms with Crippen molar-refractivity contribution in [3.63, 3.8) is 0 Å². The van der Waals surface area contributed by atoms with Gasteiger partial charge in [-0.3, -0.25) is 9.59 Å². The largest absolute Gasteiger partial charge is 0.508 e. The number of rotatable bonds is 4. The van der Waals surface area contributed by atoms with Crippen LogP contribution in [0.25, 0.3) is 22.3 Å². The molecule has 0 radical (unpaired) electrons. The first-order chi connectivity index (χ1) is 18.9. The van der Waals surface area contributed by atoms with Gasteiger partial charge < -0.3 is 54.4 Å². The molecule has 2 aliphatic rings. The number of fused-ring (bicyclic) bond motifs is 1. The molecule has 7 N–H and O–H groups in total. The predicted molar refractivity (Wildman–Crippen MR) is 134 cm³/mol. The number of phenolic OH excluding ortho intramolecular Hbond substituents is 3. The van der Waals surface area contributed by atoms with Gasteiger partial charge in [-0.05, 0) is 38.1 Å². The van der Waals surface area contributed by atoms with Gasteiger partial charge in [0.05, 0.1) is 11.7 Å². The Morgan fingerprint density at radius 2 is 1.52 bits per heavy atom. The number of carbonyl (C=O) groups is 1. The maximum atomic E-state index is 13.1. The number of aliphatic hydroxyl groups is 4. The van der Waals surface area contributed by atoms with Crippen LogP contribution in [0.15, 0.2) is 45.6 Å². The van der Waals surface area contributed by atoms with E-state index in [4.69, 9.17) is 18.6 Å². The lowest BCUT2D eigenvalue weighted by Crippen LogP contribution is -2.60. The minimum absolute atomic E-state index is 0.00254. The van der Waals surface area contributed by atoms with Crippen molar-refractivity contribution in [2.45, 2.75) is 69.0 Å². The predicted octanol–water partition coefficient (Wildman–Crippen LogP) is 0.179. The van der Waals surface area contributed by atoms with Gasteiger partial charge in [0.1, 0.15) is 76.7 Å². The second kappa shape index (κ2) is 10.4. The van der Waals surface area contributed by atoms with Gasteiger partial charge >= 0.3 is 0 Å². The standard InChI is InChI=1S/C27H28O13/c1-9-20(32)23(35)26(40-27-24(36)22(34)19(31)10(2)38-27)25(37-9)18-14(30)8-16-17(21(18)33)13(29)7-15(39-16)11-3-5-12(28)6-4-11/h3-10,19,22-28,30-31,33-36H,1-2H3/t9-,10-,19-,22-,23+,24+,25+,26+,27-/m0/s1. The molecule has 2 fully saturated rings. The number of ether oxygens (including phenoxy) is 3. The third kappa shape index (κ3) is 4.71. The molecule has 13 nitrogen and oxygen atoms in total. The van der Waals surface area contributed by atoms with Crippen LogP contribution in [0.1, 0.15) is 25.5 Å². The van der Waals surface area contributed by atoms with Gasteiger partial charge in [-0.15, -0.1) is 0 Å². The summed E-state index contributed by atoms with van der Waals surface area (Å²) in [6, 6.07) is 7.94. The average molecular weight is 561 g/mol. The van der Waals surface area contributed by atoms with E-state index in [9.17, 15) is 45.3 Å². The van der Waals surface area contributed by atoms with E-state index >= 15 is 0 Å². The first kappa shape index (κ1) is 28.0. The number of aliphatic hydroxyl groups excluding tert-OH is 4. The smallest absolute Gasteiger partial charge is 0.197 e. The highest BCUT2D eigenvalue weighted by atomic mass is 16.7. The van der Waals surface area contributed by atoms with Crippen molar-refractivity contribution in [1.82, 2.24) is 0 Å². The number of Topliss-reactive ketones (excluding diaryl/α,β-unsaturated/α-hetero) is 1. The molecule has 5 rings (SSSR count). The molecule has 1 aromatic heterocycles. The first-order valence-corrected chi connectivity index (χ1v) is 12.4. The zero-order valence-corrected chi connectivity index (χ0v) is 21.2. The minimum Gasteiger partial charge on any atom is -0.508 e. The summed E-state index contributed by atoms with van der Waals surface area (Å²) in [5.41, 5.74) is -0.853. The van der Waals surface area contributed by atoms with E-state index < -0.39 is 83.4 Å². The fourth-order valence-electron chi connectivity index (χ4n) is 4.94. The molecule has 13 heteroatoms. The molecular weight excluding hydrogens is 532 g/mol. The summed E-state index contributed by atoms with van der Waals surface area (Å²) in [7, 11) is 0. The summed E-state index contributed by atoms with van der Waals surface area (Å²) in [6.45, 7) is 2.73. The summed E-state index contributed by atoms with van der Waals surface area (Å²) < 4.78 is 22.6. The molecule has 0 bridgehead atoms. The normalized spacial score (nSPS) is 32.9. The molecule has 0 spiro atoms. The van der Waals surface area contributed by atoms with E-state index in [2.05, 4.69) is 0 Å². The minimum atomic E-state index is -1.90. The van der Waals surface area contributed by atoms with E-state index in [1.807, 2.05) is 0 Å². The SMILES string of the molecule is C[C@@H]1O[C@H](c2c(O)cc3oc(-c4ccc(O)cc4)cc(=O)c3c2O)[C@H](O[C@@H]2O[C@@H](C)[C@H](O)[C@H](O)[C@H]2O)[C@H](O)C1=O. The lowest BCUT2D eigenvalue weighted by atomic mass is 9.90. The van der Waals surface area contributed by atoms with Crippen molar-refractivity contribution >= 4 is 16.8 Å². The van der Waals surface area contributed by atoms with Crippen LogP contribution >= 0.6 is 0 Å². The average Bonchev–Trinajstić information content (AvgIpc) is 2.91. The number of hydrogen-bond donors (Lipinski definition) is 7. The Morgan fingerprint density at radius 1 is 0.850 bits per heavy atom. The van der Waals surface area contributed by atoms with Crippen molar-refractivity contribution in [3.8, 4) is 28.6 Å². The number of aromatic hydroxyl groups is 3. The summed E-state index contributed by atoms with van der Waals surface area (Å²) in [5, 5.41) is 72.7. The monoisotopic (exact) mass is 560 g/mol. The van der Waals surface area contributed by atoms with Gasteiger partial charge in [-0.25, -0.2) is 0 Å². The lowest BCUT2D eigenvalue weighted by Gasteiger charge is -2.44. The highest BCUT2D eigenvalue weighted by Gasteiger charge is 2.50. The Morgan fingerprint density at radius 3 is 2.20 bits per heavy atom. The number of benzene rings is 2. The Kier molecular flexibility index (Phi) is 7.31. The maximum absolute atomic E-state index is 13.1. The molecule has 3 heterocycles. The molecule has 3 aromatic rings. The summed E-state index contributed by atoms with van der Waals surface area (Å²) >= 11 is 0. The van der Waals surface area contributed by atoms with E-state index in [1.165, 1.54) is 38.1 Å². The van der Waals surface area contributed by atoms with Crippen LogP contribution in [-0.2, 0) is 19.0 Å². The van der Waals surface area contributed by atoms with Gasteiger partial charge in [0, 0.05) is 17.7 Å². The van der Waals surface area contributed by atoms with Crippen molar-refractivity contribution in [1.29, 1.82) is 0 Å². The summed E-state index contributed by atoms with van der Waals surface area (Å²) in [6.07, 6.45) is -14.0. The molecule has 40 heavy (non-hydrogen) atoms. The van der Waals surface area contributed by atoms with Crippen LogP contribution in [0, 0.1) is 0 Å². The van der Waals surface area contributed by atoms with E-state index in [-0.39, 0.29) is 22.5 Å². The molecule has 0 saturated carbocycles. The third-order valence-corrected chi connectivity index (χ3v) is 7.20. The third-order valence-electron chi connectivity index (χ3n) is 7.20. The first-order valence-electron chi connectivity index (χ1n) is 12.4. The summed E-state index contributed by atoms with van der Waals surface area (Å²) in [4.78, 5) is 25.7. The van der Waals surface area contributed by atoms with Crippen molar-refractivity contribution in [2.75, 3.05) is 0 Å². The Labute approximate surface area is 226 Å². The van der Waals surface area contributed by atoms with Crippen molar-refractivity contribution in [3.05, 3.63) is 52.2 Å². The highest BCUT2D eigenvalue weighted by molar-refractivity contribution is 5.90. The quantitative estimate of drug-likeness (QED) is 0.227. The van der Waals surface area contributed by atoms with E-state index in [1.54, 1.807) is 0 Å². The van der Waals surface area contributed by atoms with Crippen LogP contribution in [0.4, 0.5) is 0 Å². The molecule has 0 unspecified atom stereocenters. The lowest BCUT2D eigenvalue weighted by molar-refractivity contribution is -0.323. The fourth-order valence-corrected chi connectivity index (χ4v) is 4.94. The Hall–Kier alpha value is -3.56. The molecule has 2 saturated heterocycles. The number of phenols is 3. The Balaban J connectivity index is 1.58. The topological polar surface area (TPSA) is 217 Å². The van der Waals surface area contributed by atoms with Crippen LogP contribution in [0.5, 0.6) is 17.2 Å². The van der Waals surface area contributed by atoms with Crippen molar-refractivity contribution < 1.29 is 59.2 Å². The molecule has 9 atom stereocenters. The molecule has 214 valence electrons. The van der Waals surface area contributed by atoms with Crippen molar-refractivity contribution in [2.24, 2.45) is 0 Å². The van der Waals surface area contributed by atoms with Crippen LogP contribution in [0.2, 0.25) is 0 Å². The van der Waals surface area contributed by atoms with Crippen LogP contribution in [-0.4, -0.2) is 90.5 Å². The zero-order valence-electron chi connectivity index (χ0n) is 21.2. The van der Waals surface area contributed by atoms with Gasteiger partial charge in [0.2, 0.25) is 0 Å². The molecule has 0 aliphatic carbocycles. The molecule has 2 aromatic carbocycles. The van der Waals surface area contributed by atoms with Gasteiger partial charge in [-0.2, -0.15) is 0 Å². The van der Waals surface area contributed by atoms with E-state index in [0.717, 1.165) is 12.1 Å². The van der Waals surface area contributed by atoms with Gasteiger partial charge in [0.25, 0.3) is 0 Å². The fraction of sp³-hybridized carbons (Fsp3) is 0.407. The molecule has 0 amide bonds. The second-order valence-corrected chi connectivity index (χ2v) is 9.88. The number of ketones is 1. The zero-order chi connectivity index (χ0) is 29.0. The highest BCUT2D eigenvalue weighted by Crippen LogP contribution is 2.45. The van der Waals surface area contributed by atoms with Crippen LogP contribution < -0.4 is 5.43 Å². The molecular formula is C27H28O13. The number of carbonyl (C=O) groups excluding carboxylic acids is 1. The van der Waals surface area contributed by atoms with E-state index in [0.29, 0.717) is 5.56 Å². The van der Waals surface area contributed by atoms with Crippen LogP contribution in [0.3, 0.4) is 0 Å². The maximum Gasteiger partial charge on any atom is 0.197 e. The second-order valence-electron chi connectivity index (χ2n) is 9.88. The van der Waals surface area contributed by atoms with Gasteiger partial charge in [-0.1, -0.05) is 0 Å². The number of hydrogen-bond acceptors (Lipinski definition) is 13. The summed E-state index contributed by atoms with van der Waals surface area (Å²) in [5.74, 6) is -2.11. The molecule has 2 aliphatic heterocycles.